The standard InChI is InChI=1S/C12H18O3/c1-4-6-10-8-11(15-9(10)3)12(13)14-7-5-2/h8H,4-7H2,1-3H3. The van der Waals surface area contributed by atoms with E-state index >= 15 is 0 Å². The van der Waals surface area contributed by atoms with E-state index in [4.69, 9.17) is 9.15 Å². The summed E-state index contributed by atoms with van der Waals surface area (Å²) < 4.78 is 10.3. The van der Waals surface area contributed by atoms with Crippen LogP contribution in [0.25, 0.3) is 0 Å². The SMILES string of the molecule is CCCOC(=O)c1cc(CCC)c(C)o1. The number of aryl methyl sites for hydroxylation is 2. The van der Waals surface area contributed by atoms with Crippen molar-refractivity contribution in [2.75, 3.05) is 6.61 Å². The van der Waals surface area contributed by atoms with Crippen molar-refractivity contribution in [3.05, 3.63) is 23.2 Å². The zero-order valence-electron chi connectivity index (χ0n) is 9.63. The van der Waals surface area contributed by atoms with Gasteiger partial charge in [0, 0.05) is 0 Å². The average molecular weight is 210 g/mol. The molecule has 0 saturated carbocycles. The molecule has 3 heteroatoms. The van der Waals surface area contributed by atoms with Crippen LogP contribution in [0.3, 0.4) is 0 Å². The van der Waals surface area contributed by atoms with E-state index in [-0.39, 0.29) is 5.97 Å². The van der Waals surface area contributed by atoms with Crippen molar-refractivity contribution in [2.45, 2.75) is 40.0 Å². The molecule has 0 saturated heterocycles. The summed E-state index contributed by atoms with van der Waals surface area (Å²) in [7, 11) is 0. The Labute approximate surface area is 90.4 Å². The van der Waals surface area contributed by atoms with Gasteiger partial charge in [-0.3, -0.25) is 0 Å². The Kier molecular flexibility index (Phi) is 4.40. The minimum Gasteiger partial charge on any atom is -0.460 e. The van der Waals surface area contributed by atoms with Gasteiger partial charge in [-0.1, -0.05) is 20.3 Å². The Balaban J connectivity index is 2.69. The third-order valence-corrected chi connectivity index (χ3v) is 2.18. The topological polar surface area (TPSA) is 39.4 Å². The number of carbonyl (C=O) groups excluding carboxylic acids is 1. The summed E-state index contributed by atoms with van der Waals surface area (Å²) in [6.07, 6.45) is 2.81. The summed E-state index contributed by atoms with van der Waals surface area (Å²) >= 11 is 0. The average Bonchev–Trinajstić information content (AvgIpc) is 2.58. The van der Waals surface area contributed by atoms with E-state index in [0.29, 0.717) is 12.4 Å². The smallest absolute Gasteiger partial charge is 0.374 e. The molecule has 84 valence electrons. The molecular weight excluding hydrogens is 192 g/mol. The molecule has 0 aliphatic heterocycles. The van der Waals surface area contributed by atoms with Crippen molar-refractivity contribution in [2.24, 2.45) is 0 Å². The van der Waals surface area contributed by atoms with Crippen LogP contribution >= 0.6 is 0 Å². The normalized spacial score (nSPS) is 10.3. The highest BCUT2D eigenvalue weighted by molar-refractivity contribution is 5.86. The first-order valence-corrected chi connectivity index (χ1v) is 5.45. The fourth-order valence-electron chi connectivity index (χ4n) is 1.40. The molecule has 1 aromatic rings. The second-order valence-corrected chi connectivity index (χ2v) is 3.58. The highest BCUT2D eigenvalue weighted by atomic mass is 16.5. The first kappa shape index (κ1) is 11.8. The summed E-state index contributed by atoms with van der Waals surface area (Å²) in [6.45, 7) is 6.38. The van der Waals surface area contributed by atoms with Crippen LogP contribution in [0.1, 0.15) is 48.6 Å². The number of ether oxygens (including phenoxy) is 1. The second kappa shape index (κ2) is 5.59. The van der Waals surface area contributed by atoms with Crippen molar-refractivity contribution in [3.63, 3.8) is 0 Å². The van der Waals surface area contributed by atoms with Crippen LogP contribution in [0.4, 0.5) is 0 Å². The van der Waals surface area contributed by atoms with Gasteiger partial charge in [0.15, 0.2) is 0 Å². The van der Waals surface area contributed by atoms with Crippen molar-refractivity contribution in [3.8, 4) is 0 Å². The summed E-state index contributed by atoms with van der Waals surface area (Å²) in [5.74, 6) is 0.784. The van der Waals surface area contributed by atoms with E-state index in [2.05, 4.69) is 6.92 Å². The number of carbonyl (C=O) groups is 1. The van der Waals surface area contributed by atoms with Crippen LogP contribution in [0.15, 0.2) is 10.5 Å². The lowest BCUT2D eigenvalue weighted by Crippen LogP contribution is -2.04. The number of furan rings is 1. The predicted octanol–water partition coefficient (Wildman–Crippen LogP) is 3.11. The maximum absolute atomic E-state index is 11.5. The molecule has 3 nitrogen and oxygen atoms in total. The second-order valence-electron chi connectivity index (χ2n) is 3.58. The Bertz CT molecular complexity index is 326. The van der Waals surface area contributed by atoms with E-state index in [0.717, 1.165) is 30.6 Å². The first-order chi connectivity index (χ1) is 7.19. The van der Waals surface area contributed by atoms with Crippen LogP contribution in [-0.4, -0.2) is 12.6 Å². The minimum absolute atomic E-state index is 0.324. The lowest BCUT2D eigenvalue weighted by atomic mass is 10.1. The van der Waals surface area contributed by atoms with E-state index in [1.54, 1.807) is 6.07 Å². The molecule has 0 unspecified atom stereocenters. The molecular formula is C12H18O3. The molecule has 0 fully saturated rings. The lowest BCUT2D eigenvalue weighted by molar-refractivity contribution is 0.0467. The number of hydrogen-bond donors (Lipinski definition) is 0. The highest BCUT2D eigenvalue weighted by Gasteiger charge is 2.14. The van der Waals surface area contributed by atoms with Gasteiger partial charge in [-0.05, 0) is 31.4 Å². The zero-order chi connectivity index (χ0) is 11.3. The molecule has 15 heavy (non-hydrogen) atoms. The monoisotopic (exact) mass is 210 g/mol. The fourth-order valence-corrected chi connectivity index (χ4v) is 1.40. The molecule has 0 radical (unpaired) electrons. The van der Waals surface area contributed by atoms with E-state index in [1.165, 1.54) is 0 Å². The van der Waals surface area contributed by atoms with Crippen LogP contribution in [0.5, 0.6) is 0 Å². The van der Waals surface area contributed by atoms with Gasteiger partial charge >= 0.3 is 5.97 Å². The molecule has 0 atom stereocenters. The van der Waals surface area contributed by atoms with Gasteiger partial charge in [-0.15, -0.1) is 0 Å². The Morgan fingerprint density at radius 1 is 1.40 bits per heavy atom. The lowest BCUT2D eigenvalue weighted by Gasteiger charge is -1.98. The molecule has 0 N–H and O–H groups in total. The van der Waals surface area contributed by atoms with Gasteiger partial charge < -0.3 is 9.15 Å². The summed E-state index contributed by atoms with van der Waals surface area (Å²) in [5, 5.41) is 0. The van der Waals surface area contributed by atoms with Gasteiger partial charge in [0.1, 0.15) is 5.76 Å². The highest BCUT2D eigenvalue weighted by Crippen LogP contribution is 2.17. The maximum atomic E-state index is 11.5. The molecule has 1 aromatic heterocycles. The van der Waals surface area contributed by atoms with Crippen LogP contribution in [0.2, 0.25) is 0 Å². The largest absolute Gasteiger partial charge is 0.460 e. The summed E-state index contributed by atoms with van der Waals surface area (Å²) in [5.41, 5.74) is 1.10. The predicted molar refractivity (Wildman–Crippen MR) is 58.0 cm³/mol. The Hall–Kier alpha value is -1.25. The number of hydrogen-bond acceptors (Lipinski definition) is 3. The third-order valence-electron chi connectivity index (χ3n) is 2.18. The molecule has 0 bridgehead atoms. The quantitative estimate of drug-likeness (QED) is 0.701. The Morgan fingerprint density at radius 2 is 2.13 bits per heavy atom. The van der Waals surface area contributed by atoms with Gasteiger partial charge in [0.2, 0.25) is 5.76 Å². The van der Waals surface area contributed by atoms with Gasteiger partial charge in [-0.2, -0.15) is 0 Å². The van der Waals surface area contributed by atoms with Crippen LogP contribution < -0.4 is 0 Å². The molecule has 0 spiro atoms. The third kappa shape index (κ3) is 3.11. The van der Waals surface area contributed by atoms with E-state index in [9.17, 15) is 4.79 Å². The van der Waals surface area contributed by atoms with E-state index in [1.807, 2.05) is 13.8 Å². The van der Waals surface area contributed by atoms with Gasteiger partial charge in [0.05, 0.1) is 6.61 Å². The number of esters is 1. The molecule has 0 aliphatic carbocycles. The van der Waals surface area contributed by atoms with Crippen LogP contribution in [-0.2, 0) is 11.2 Å². The molecule has 0 aromatic carbocycles. The van der Waals surface area contributed by atoms with Crippen molar-refractivity contribution >= 4 is 5.97 Å². The van der Waals surface area contributed by atoms with Crippen molar-refractivity contribution in [1.82, 2.24) is 0 Å². The first-order valence-electron chi connectivity index (χ1n) is 5.45. The molecule has 0 aliphatic rings. The molecule has 1 heterocycles. The molecule has 1 rings (SSSR count). The van der Waals surface area contributed by atoms with Crippen LogP contribution in [0, 0.1) is 6.92 Å². The Morgan fingerprint density at radius 3 is 2.73 bits per heavy atom. The maximum Gasteiger partial charge on any atom is 0.374 e. The van der Waals surface area contributed by atoms with Gasteiger partial charge in [0.25, 0.3) is 0 Å². The van der Waals surface area contributed by atoms with Crippen molar-refractivity contribution in [1.29, 1.82) is 0 Å². The molecule has 0 amide bonds. The summed E-state index contributed by atoms with van der Waals surface area (Å²) in [4.78, 5) is 11.5. The fraction of sp³-hybridized carbons (Fsp3) is 0.583. The minimum atomic E-state index is -0.359. The van der Waals surface area contributed by atoms with Crippen molar-refractivity contribution < 1.29 is 13.9 Å². The summed E-state index contributed by atoms with van der Waals surface area (Å²) in [6, 6.07) is 1.79. The zero-order valence-corrected chi connectivity index (χ0v) is 9.63. The van der Waals surface area contributed by atoms with Gasteiger partial charge in [-0.25, -0.2) is 4.79 Å². The van der Waals surface area contributed by atoms with E-state index < -0.39 is 0 Å². The number of rotatable bonds is 5.